The zero-order valence-electron chi connectivity index (χ0n) is 8.10. The molecule has 0 amide bonds. The molecule has 4 nitrogen and oxygen atoms in total. The maximum Gasteiger partial charge on any atom is 0.251 e. The van der Waals surface area contributed by atoms with E-state index < -0.39 is 0 Å². The fraction of sp³-hybridized carbons (Fsp3) is 0.0909. The van der Waals surface area contributed by atoms with Crippen LogP contribution in [0.5, 0.6) is 0 Å². The lowest BCUT2D eigenvalue weighted by Crippen LogP contribution is -2.04. The SMILES string of the molecule is NCc1ccc(-c2cc(=O)[nH]cn2)cc1. The number of nitrogens with two attached hydrogens (primary N) is 1. The molecule has 0 spiro atoms. The molecule has 1 aromatic carbocycles. The molecule has 0 saturated carbocycles. The summed E-state index contributed by atoms with van der Waals surface area (Å²) in [6.45, 7) is 0.517. The van der Waals surface area contributed by atoms with Crippen LogP contribution in [-0.4, -0.2) is 9.97 Å². The van der Waals surface area contributed by atoms with Crippen LogP contribution in [0.1, 0.15) is 5.56 Å². The third kappa shape index (κ3) is 2.11. The van der Waals surface area contributed by atoms with Gasteiger partial charge >= 0.3 is 0 Å². The number of rotatable bonds is 2. The molecule has 0 aliphatic heterocycles. The molecule has 0 radical (unpaired) electrons. The van der Waals surface area contributed by atoms with Crippen molar-refractivity contribution < 1.29 is 0 Å². The second-order valence-corrected chi connectivity index (χ2v) is 3.20. The minimum Gasteiger partial charge on any atom is -0.326 e. The molecular weight excluding hydrogens is 190 g/mol. The molecule has 4 heteroatoms. The van der Waals surface area contributed by atoms with Crippen molar-refractivity contribution in [3.8, 4) is 11.3 Å². The molecule has 2 aromatic rings. The highest BCUT2D eigenvalue weighted by molar-refractivity contribution is 5.58. The first-order chi connectivity index (χ1) is 7.29. The lowest BCUT2D eigenvalue weighted by Gasteiger charge is -2.00. The summed E-state index contributed by atoms with van der Waals surface area (Å²) in [5.41, 5.74) is 7.98. The zero-order chi connectivity index (χ0) is 10.7. The van der Waals surface area contributed by atoms with Gasteiger partial charge in [-0.1, -0.05) is 24.3 Å². The van der Waals surface area contributed by atoms with Gasteiger partial charge in [0.2, 0.25) is 0 Å². The van der Waals surface area contributed by atoms with Crippen molar-refractivity contribution in [3.63, 3.8) is 0 Å². The molecule has 0 aliphatic carbocycles. The summed E-state index contributed by atoms with van der Waals surface area (Å²) in [5.74, 6) is 0. The number of aromatic nitrogens is 2. The summed E-state index contributed by atoms with van der Waals surface area (Å²) in [6.07, 6.45) is 1.40. The molecule has 15 heavy (non-hydrogen) atoms. The van der Waals surface area contributed by atoms with Crippen LogP contribution in [0.4, 0.5) is 0 Å². The van der Waals surface area contributed by atoms with Gasteiger partial charge in [0.25, 0.3) is 5.56 Å². The molecule has 1 aromatic heterocycles. The summed E-state index contributed by atoms with van der Waals surface area (Å²) in [5, 5.41) is 0. The van der Waals surface area contributed by atoms with E-state index in [1.807, 2.05) is 24.3 Å². The largest absolute Gasteiger partial charge is 0.326 e. The van der Waals surface area contributed by atoms with Gasteiger partial charge in [-0.25, -0.2) is 4.98 Å². The summed E-state index contributed by atoms with van der Waals surface area (Å²) >= 11 is 0. The fourth-order valence-corrected chi connectivity index (χ4v) is 1.34. The fourth-order valence-electron chi connectivity index (χ4n) is 1.34. The summed E-state index contributed by atoms with van der Waals surface area (Å²) in [7, 11) is 0. The van der Waals surface area contributed by atoms with Crippen LogP contribution in [-0.2, 0) is 6.54 Å². The van der Waals surface area contributed by atoms with Gasteiger partial charge < -0.3 is 10.7 Å². The molecule has 1 heterocycles. The maximum atomic E-state index is 11.1. The third-order valence-electron chi connectivity index (χ3n) is 2.16. The topological polar surface area (TPSA) is 71.8 Å². The number of hydrogen-bond acceptors (Lipinski definition) is 3. The number of aromatic amines is 1. The molecule has 0 aliphatic rings. The number of hydrogen-bond donors (Lipinski definition) is 2. The smallest absolute Gasteiger partial charge is 0.251 e. The first-order valence-electron chi connectivity index (χ1n) is 4.64. The van der Waals surface area contributed by atoms with Crippen molar-refractivity contribution in [1.82, 2.24) is 9.97 Å². The minimum absolute atomic E-state index is 0.150. The molecular formula is C11H11N3O. The Bertz CT molecular complexity index is 502. The molecule has 0 bridgehead atoms. The average Bonchev–Trinajstić information content (AvgIpc) is 2.29. The lowest BCUT2D eigenvalue weighted by molar-refractivity contribution is 1.07. The molecule has 76 valence electrons. The second-order valence-electron chi connectivity index (χ2n) is 3.20. The van der Waals surface area contributed by atoms with Crippen LogP contribution in [0.3, 0.4) is 0 Å². The normalized spacial score (nSPS) is 10.2. The molecule has 2 rings (SSSR count). The van der Waals surface area contributed by atoms with Gasteiger partial charge in [0.05, 0.1) is 12.0 Å². The van der Waals surface area contributed by atoms with Crippen molar-refractivity contribution in [2.24, 2.45) is 5.73 Å². The van der Waals surface area contributed by atoms with E-state index in [1.54, 1.807) is 0 Å². The maximum absolute atomic E-state index is 11.1. The standard InChI is InChI=1S/C11H11N3O/c12-6-8-1-3-9(4-2-8)10-5-11(15)14-7-13-10/h1-5,7H,6,12H2,(H,13,14,15). The van der Waals surface area contributed by atoms with Gasteiger partial charge in [-0.3, -0.25) is 4.79 Å². The van der Waals surface area contributed by atoms with Crippen LogP contribution in [0, 0.1) is 0 Å². The van der Waals surface area contributed by atoms with Crippen molar-refractivity contribution in [2.75, 3.05) is 0 Å². The number of nitrogens with one attached hydrogen (secondary N) is 1. The highest BCUT2D eigenvalue weighted by Crippen LogP contribution is 2.14. The predicted octanol–water partition coefficient (Wildman–Crippen LogP) is 0.896. The van der Waals surface area contributed by atoms with E-state index in [-0.39, 0.29) is 5.56 Å². The first kappa shape index (κ1) is 9.61. The summed E-state index contributed by atoms with van der Waals surface area (Å²) in [6, 6.07) is 9.14. The van der Waals surface area contributed by atoms with Crippen LogP contribution in [0.15, 0.2) is 41.5 Å². The predicted molar refractivity (Wildman–Crippen MR) is 58.2 cm³/mol. The van der Waals surface area contributed by atoms with E-state index in [4.69, 9.17) is 5.73 Å². The summed E-state index contributed by atoms with van der Waals surface area (Å²) < 4.78 is 0. The minimum atomic E-state index is -0.150. The Hall–Kier alpha value is -1.94. The molecule has 0 fully saturated rings. The zero-order valence-corrected chi connectivity index (χ0v) is 8.10. The average molecular weight is 201 g/mol. The Morgan fingerprint density at radius 2 is 2.00 bits per heavy atom. The van der Waals surface area contributed by atoms with Crippen LogP contribution in [0.2, 0.25) is 0 Å². The van der Waals surface area contributed by atoms with Crippen molar-refractivity contribution in [1.29, 1.82) is 0 Å². The Balaban J connectivity index is 2.41. The van der Waals surface area contributed by atoms with E-state index in [2.05, 4.69) is 9.97 Å². The van der Waals surface area contributed by atoms with Crippen LogP contribution in [0.25, 0.3) is 11.3 Å². The van der Waals surface area contributed by atoms with Crippen molar-refractivity contribution in [2.45, 2.75) is 6.54 Å². The Morgan fingerprint density at radius 3 is 2.60 bits per heavy atom. The van der Waals surface area contributed by atoms with Gasteiger partial charge in [0.1, 0.15) is 0 Å². The number of H-pyrrole nitrogens is 1. The Labute approximate surface area is 86.8 Å². The van der Waals surface area contributed by atoms with Gasteiger partial charge in [-0.15, -0.1) is 0 Å². The van der Waals surface area contributed by atoms with Crippen LogP contribution >= 0.6 is 0 Å². The van der Waals surface area contributed by atoms with Gasteiger partial charge in [-0.2, -0.15) is 0 Å². The van der Waals surface area contributed by atoms with Gasteiger partial charge in [0.15, 0.2) is 0 Å². The van der Waals surface area contributed by atoms with E-state index in [9.17, 15) is 4.79 Å². The quantitative estimate of drug-likeness (QED) is 0.758. The lowest BCUT2D eigenvalue weighted by atomic mass is 10.1. The first-order valence-corrected chi connectivity index (χ1v) is 4.64. The molecule has 3 N–H and O–H groups in total. The number of benzene rings is 1. The van der Waals surface area contributed by atoms with Gasteiger partial charge in [-0.05, 0) is 5.56 Å². The van der Waals surface area contributed by atoms with E-state index >= 15 is 0 Å². The number of nitrogens with zero attached hydrogens (tertiary/aromatic N) is 1. The molecule has 0 saturated heterocycles. The highest BCUT2D eigenvalue weighted by Gasteiger charge is 1.99. The Morgan fingerprint density at radius 1 is 1.27 bits per heavy atom. The second kappa shape index (κ2) is 4.06. The van der Waals surface area contributed by atoms with Crippen molar-refractivity contribution in [3.05, 3.63) is 52.6 Å². The van der Waals surface area contributed by atoms with E-state index in [1.165, 1.54) is 12.4 Å². The van der Waals surface area contributed by atoms with E-state index in [0.717, 1.165) is 11.1 Å². The third-order valence-corrected chi connectivity index (χ3v) is 2.16. The summed E-state index contributed by atoms with van der Waals surface area (Å²) in [4.78, 5) is 17.6. The molecule has 0 unspecified atom stereocenters. The molecule has 0 atom stereocenters. The van der Waals surface area contributed by atoms with Gasteiger partial charge in [0, 0.05) is 18.2 Å². The Kier molecular flexibility index (Phi) is 2.60. The van der Waals surface area contributed by atoms with Crippen LogP contribution < -0.4 is 11.3 Å². The highest BCUT2D eigenvalue weighted by atomic mass is 16.1. The monoisotopic (exact) mass is 201 g/mol. The van der Waals surface area contributed by atoms with Crippen molar-refractivity contribution >= 4 is 0 Å². The van der Waals surface area contributed by atoms with E-state index in [0.29, 0.717) is 12.2 Å².